The van der Waals surface area contributed by atoms with E-state index in [1.807, 2.05) is 6.07 Å². The molecule has 2 fully saturated rings. The maximum atomic E-state index is 12.9. The third-order valence-corrected chi connectivity index (χ3v) is 5.05. The molecule has 4 heteroatoms. The van der Waals surface area contributed by atoms with Crippen LogP contribution in [-0.4, -0.2) is 54.5 Å². The van der Waals surface area contributed by atoms with E-state index in [1.165, 1.54) is 24.0 Å². The van der Waals surface area contributed by atoms with Gasteiger partial charge in [0.05, 0.1) is 0 Å². The Hall–Kier alpha value is -1.39. The molecule has 2 heterocycles. The first kappa shape index (κ1) is 13.3. The highest BCUT2D eigenvalue weighted by Gasteiger charge is 2.35. The van der Waals surface area contributed by atoms with Gasteiger partial charge in [0.1, 0.15) is 6.04 Å². The maximum absolute atomic E-state index is 12.9. The van der Waals surface area contributed by atoms with Crippen molar-refractivity contribution < 1.29 is 4.79 Å². The van der Waals surface area contributed by atoms with E-state index in [9.17, 15) is 4.79 Å². The van der Waals surface area contributed by atoms with Gasteiger partial charge in [-0.3, -0.25) is 9.69 Å². The maximum Gasteiger partial charge on any atom is 0.244 e. The van der Waals surface area contributed by atoms with Gasteiger partial charge in [-0.2, -0.15) is 0 Å². The van der Waals surface area contributed by atoms with Crippen molar-refractivity contribution in [3.8, 4) is 0 Å². The van der Waals surface area contributed by atoms with Crippen LogP contribution in [-0.2, 0) is 11.2 Å². The van der Waals surface area contributed by atoms with Gasteiger partial charge in [-0.15, -0.1) is 0 Å². The number of rotatable bonds is 2. The summed E-state index contributed by atoms with van der Waals surface area (Å²) in [7, 11) is 0. The molecule has 4 nitrogen and oxygen atoms in total. The van der Waals surface area contributed by atoms with Crippen molar-refractivity contribution in [2.75, 3.05) is 32.7 Å². The fourth-order valence-electron chi connectivity index (χ4n) is 3.65. The lowest BCUT2D eigenvalue weighted by Gasteiger charge is -2.37. The minimum absolute atomic E-state index is 0.137. The van der Waals surface area contributed by atoms with Gasteiger partial charge in [0.2, 0.25) is 5.91 Å². The molecule has 1 amide bonds. The monoisotopic (exact) mass is 285 g/mol. The molecule has 1 N–H and O–H groups in total. The molecule has 1 saturated heterocycles. The lowest BCUT2D eigenvalue weighted by molar-refractivity contribution is -0.135. The fourth-order valence-corrected chi connectivity index (χ4v) is 3.65. The van der Waals surface area contributed by atoms with Crippen LogP contribution in [0.3, 0.4) is 0 Å². The SMILES string of the molecule is O=C(C1NCCc2ccccc21)N1CCN(C2CC2)CC1. The Morgan fingerprint density at radius 1 is 1.10 bits per heavy atom. The Kier molecular flexibility index (Phi) is 3.43. The molecule has 0 spiro atoms. The van der Waals surface area contributed by atoms with E-state index < -0.39 is 0 Å². The topological polar surface area (TPSA) is 35.6 Å². The molecular weight excluding hydrogens is 262 g/mol. The quantitative estimate of drug-likeness (QED) is 0.886. The summed E-state index contributed by atoms with van der Waals surface area (Å²) in [5, 5.41) is 3.41. The summed E-state index contributed by atoms with van der Waals surface area (Å²) in [4.78, 5) is 17.5. The summed E-state index contributed by atoms with van der Waals surface area (Å²) in [5.41, 5.74) is 2.50. The molecule has 21 heavy (non-hydrogen) atoms. The minimum atomic E-state index is -0.137. The number of carbonyl (C=O) groups is 1. The second-order valence-electron chi connectivity index (χ2n) is 6.43. The third-order valence-electron chi connectivity index (χ3n) is 5.05. The van der Waals surface area contributed by atoms with Crippen LogP contribution < -0.4 is 5.32 Å². The van der Waals surface area contributed by atoms with Crippen LogP contribution in [0.15, 0.2) is 24.3 Å². The fraction of sp³-hybridized carbons (Fsp3) is 0.588. The van der Waals surface area contributed by atoms with Gasteiger partial charge in [0.25, 0.3) is 0 Å². The van der Waals surface area contributed by atoms with E-state index in [0.29, 0.717) is 0 Å². The largest absolute Gasteiger partial charge is 0.338 e. The molecule has 1 aliphatic carbocycles. The molecule has 4 rings (SSSR count). The Bertz CT molecular complexity index is 533. The standard InChI is InChI=1S/C17H23N3O/c21-17(20-11-9-19(10-12-20)14-5-6-14)16-15-4-2-1-3-13(15)7-8-18-16/h1-4,14,16,18H,5-12H2. The molecule has 1 atom stereocenters. The number of hydrogen-bond acceptors (Lipinski definition) is 3. The van der Waals surface area contributed by atoms with Gasteiger partial charge in [-0.1, -0.05) is 24.3 Å². The number of hydrogen-bond donors (Lipinski definition) is 1. The van der Waals surface area contributed by atoms with Gasteiger partial charge in [-0.05, 0) is 30.4 Å². The van der Waals surface area contributed by atoms with Crippen molar-refractivity contribution in [2.24, 2.45) is 0 Å². The van der Waals surface area contributed by atoms with Crippen LogP contribution in [0.1, 0.15) is 30.0 Å². The lowest BCUT2D eigenvalue weighted by atomic mass is 9.93. The van der Waals surface area contributed by atoms with Gasteiger partial charge >= 0.3 is 0 Å². The van der Waals surface area contributed by atoms with E-state index in [0.717, 1.165) is 45.2 Å². The zero-order valence-corrected chi connectivity index (χ0v) is 12.4. The van der Waals surface area contributed by atoms with Crippen LogP contribution in [0.25, 0.3) is 0 Å². The summed E-state index contributed by atoms with van der Waals surface area (Å²) < 4.78 is 0. The molecule has 0 bridgehead atoms. The van der Waals surface area contributed by atoms with E-state index in [-0.39, 0.29) is 11.9 Å². The van der Waals surface area contributed by atoms with E-state index >= 15 is 0 Å². The highest BCUT2D eigenvalue weighted by atomic mass is 16.2. The number of carbonyl (C=O) groups excluding carboxylic acids is 1. The number of piperazine rings is 1. The van der Waals surface area contributed by atoms with Crippen LogP contribution in [0, 0.1) is 0 Å². The van der Waals surface area contributed by atoms with Gasteiger partial charge in [0, 0.05) is 38.8 Å². The predicted octanol–water partition coefficient (Wildman–Crippen LogP) is 1.18. The zero-order chi connectivity index (χ0) is 14.2. The number of amides is 1. The Morgan fingerprint density at radius 2 is 1.86 bits per heavy atom. The van der Waals surface area contributed by atoms with Gasteiger partial charge in [0.15, 0.2) is 0 Å². The third kappa shape index (κ3) is 2.58. The molecule has 0 aromatic heterocycles. The first-order chi connectivity index (χ1) is 10.3. The highest BCUT2D eigenvalue weighted by molar-refractivity contribution is 5.84. The Labute approximate surface area is 126 Å². The first-order valence-electron chi connectivity index (χ1n) is 8.17. The number of nitrogens with zero attached hydrogens (tertiary/aromatic N) is 2. The van der Waals surface area contributed by atoms with E-state index in [4.69, 9.17) is 0 Å². The summed E-state index contributed by atoms with van der Waals surface area (Å²) >= 11 is 0. The number of fused-ring (bicyclic) bond motifs is 1. The van der Waals surface area contributed by atoms with E-state index in [2.05, 4.69) is 33.3 Å². The summed E-state index contributed by atoms with van der Waals surface area (Å²) in [6, 6.07) is 9.04. The average molecular weight is 285 g/mol. The van der Waals surface area contributed by atoms with Crippen LogP contribution in [0.4, 0.5) is 0 Å². The van der Waals surface area contributed by atoms with Crippen molar-refractivity contribution in [2.45, 2.75) is 31.3 Å². The molecule has 0 radical (unpaired) electrons. The second-order valence-corrected chi connectivity index (χ2v) is 6.43. The summed E-state index contributed by atoms with van der Waals surface area (Å²) in [5.74, 6) is 0.262. The molecule has 112 valence electrons. The van der Waals surface area contributed by atoms with Crippen molar-refractivity contribution in [3.63, 3.8) is 0 Å². The minimum Gasteiger partial charge on any atom is -0.338 e. The molecular formula is C17H23N3O. The van der Waals surface area contributed by atoms with Crippen LogP contribution in [0.2, 0.25) is 0 Å². The Morgan fingerprint density at radius 3 is 2.62 bits per heavy atom. The predicted molar refractivity (Wildman–Crippen MR) is 82.1 cm³/mol. The smallest absolute Gasteiger partial charge is 0.244 e. The summed E-state index contributed by atoms with van der Waals surface area (Å²) in [6.45, 7) is 4.76. The molecule has 3 aliphatic rings. The zero-order valence-electron chi connectivity index (χ0n) is 12.4. The molecule has 1 saturated carbocycles. The number of benzene rings is 1. The average Bonchev–Trinajstić information content (AvgIpc) is 3.39. The number of nitrogens with one attached hydrogen (secondary N) is 1. The van der Waals surface area contributed by atoms with Crippen molar-refractivity contribution in [1.82, 2.24) is 15.1 Å². The molecule has 1 unspecified atom stereocenters. The van der Waals surface area contributed by atoms with E-state index in [1.54, 1.807) is 0 Å². The van der Waals surface area contributed by atoms with Crippen LogP contribution >= 0.6 is 0 Å². The molecule has 2 aliphatic heterocycles. The van der Waals surface area contributed by atoms with Crippen molar-refractivity contribution >= 4 is 5.91 Å². The first-order valence-corrected chi connectivity index (χ1v) is 8.17. The lowest BCUT2D eigenvalue weighted by Crippen LogP contribution is -2.52. The summed E-state index contributed by atoms with van der Waals surface area (Å²) in [6.07, 6.45) is 3.73. The second kappa shape index (κ2) is 5.43. The molecule has 1 aromatic rings. The van der Waals surface area contributed by atoms with Crippen LogP contribution in [0.5, 0.6) is 0 Å². The normalized spacial score (nSPS) is 26.5. The van der Waals surface area contributed by atoms with Crippen molar-refractivity contribution in [1.29, 1.82) is 0 Å². The highest BCUT2D eigenvalue weighted by Crippen LogP contribution is 2.29. The van der Waals surface area contributed by atoms with Gasteiger partial charge < -0.3 is 10.2 Å². The Balaban J connectivity index is 1.46. The van der Waals surface area contributed by atoms with Gasteiger partial charge in [-0.25, -0.2) is 0 Å². The molecule has 1 aromatic carbocycles. The van der Waals surface area contributed by atoms with Crippen molar-refractivity contribution in [3.05, 3.63) is 35.4 Å².